The first-order chi connectivity index (χ1) is 10.8. The average Bonchev–Trinajstić information content (AvgIpc) is 2.46. The van der Waals surface area contributed by atoms with E-state index >= 15 is 0 Å². The van der Waals surface area contributed by atoms with Crippen molar-refractivity contribution in [1.82, 2.24) is 9.36 Å². The van der Waals surface area contributed by atoms with Gasteiger partial charge in [0.25, 0.3) is 0 Å². The van der Waals surface area contributed by atoms with Crippen LogP contribution in [-0.2, 0) is 12.8 Å². The zero-order chi connectivity index (χ0) is 18.0. The van der Waals surface area contributed by atoms with Gasteiger partial charge in [0.05, 0.1) is 0 Å². The molecule has 0 spiro atoms. The van der Waals surface area contributed by atoms with Crippen LogP contribution in [0.15, 0.2) is 18.7 Å². The van der Waals surface area contributed by atoms with Gasteiger partial charge in [0.2, 0.25) is 0 Å². The molecule has 0 radical (unpaired) electrons. The maximum Gasteiger partial charge on any atom is 0.106 e. The Morgan fingerprint density at radius 2 is 1.87 bits per heavy atom. The molecule has 0 aromatic carbocycles. The molecule has 1 unspecified atom stereocenters. The van der Waals surface area contributed by atoms with E-state index in [-0.39, 0.29) is 0 Å². The maximum atomic E-state index is 4.56. The molecule has 2 nitrogen and oxygen atoms in total. The van der Waals surface area contributed by atoms with Gasteiger partial charge >= 0.3 is 0 Å². The highest BCUT2D eigenvalue weighted by Gasteiger charge is 2.28. The first-order valence-corrected chi connectivity index (χ1v) is 9.55. The van der Waals surface area contributed by atoms with Crippen LogP contribution in [0.25, 0.3) is 0 Å². The topological polar surface area (TPSA) is 28.7 Å². The number of hydrogen-bond donors (Lipinski definition) is 1. The third kappa shape index (κ3) is 7.83. The summed E-state index contributed by atoms with van der Waals surface area (Å²) in [4.78, 5) is 4.56. The zero-order valence-electron chi connectivity index (χ0n) is 16.4. The number of aryl methyl sites for hydroxylation is 3. The Balaban J connectivity index is 0.000000868. The molecule has 1 aliphatic carbocycles. The van der Waals surface area contributed by atoms with Crippen molar-refractivity contribution in [2.45, 2.75) is 74.7 Å². The predicted octanol–water partition coefficient (Wildman–Crippen LogP) is 6.58. The van der Waals surface area contributed by atoms with Gasteiger partial charge in [0, 0.05) is 11.4 Å². The highest BCUT2D eigenvalue weighted by atomic mass is 32.1. The number of nitrogens with zero attached hydrogens (tertiary/aromatic N) is 1. The number of rotatable bonds is 0. The van der Waals surface area contributed by atoms with Crippen molar-refractivity contribution in [1.29, 1.82) is 0 Å². The highest BCUT2D eigenvalue weighted by molar-refractivity contribution is 7.05. The van der Waals surface area contributed by atoms with Gasteiger partial charge in [0.1, 0.15) is 5.01 Å². The quantitative estimate of drug-likeness (QED) is 0.532. The summed E-state index contributed by atoms with van der Waals surface area (Å²) in [5, 5.41) is 1.09. The molecule has 0 aliphatic heterocycles. The van der Waals surface area contributed by atoms with E-state index in [4.69, 9.17) is 0 Å². The fraction of sp³-hybridized carbons (Fsp3) is 0.650. The van der Waals surface area contributed by atoms with Gasteiger partial charge < -0.3 is 4.37 Å². The van der Waals surface area contributed by atoms with Crippen molar-refractivity contribution < 1.29 is 0 Å². The van der Waals surface area contributed by atoms with Crippen molar-refractivity contribution in [2.24, 2.45) is 11.3 Å². The smallest absolute Gasteiger partial charge is 0.106 e. The van der Waals surface area contributed by atoms with Crippen molar-refractivity contribution >= 4 is 11.5 Å². The first kappa shape index (κ1) is 21.9. The summed E-state index contributed by atoms with van der Waals surface area (Å²) in [6.45, 7) is 20.5. The van der Waals surface area contributed by atoms with Gasteiger partial charge in [-0.15, -0.1) is 6.58 Å². The molecule has 0 amide bonds. The second kappa shape index (κ2) is 10.6. The minimum atomic E-state index is 0.398. The normalized spacial score (nSPS) is 15.9. The van der Waals surface area contributed by atoms with Gasteiger partial charge in [-0.25, -0.2) is 4.98 Å². The summed E-state index contributed by atoms with van der Waals surface area (Å²) < 4.78 is 3.49. The van der Waals surface area contributed by atoms with Crippen LogP contribution in [-0.4, -0.2) is 9.36 Å². The standard InChI is InChI=1S/C15H24N2S.C3H6.C2H6/c1-10-8-12-9-13(15(3,4)5)6-7-14(12)17-18-11(2)16-10;1-3-2;1-2/h8,13,17H,6-7,9H2,1-5H3;3H,1H2,2H3;1-2H3. The Labute approximate surface area is 147 Å². The lowest BCUT2D eigenvalue weighted by atomic mass is 9.72. The minimum Gasteiger partial charge on any atom is -0.314 e. The van der Waals surface area contributed by atoms with Crippen molar-refractivity contribution in [3.8, 4) is 0 Å². The second-order valence-electron chi connectivity index (χ2n) is 6.84. The molecule has 0 bridgehead atoms. The molecule has 2 rings (SSSR count). The number of H-pyrrole nitrogens is 1. The van der Waals surface area contributed by atoms with Gasteiger partial charge in [-0.05, 0) is 74.5 Å². The van der Waals surface area contributed by atoms with Crippen LogP contribution in [0, 0.1) is 25.2 Å². The van der Waals surface area contributed by atoms with E-state index in [0.717, 1.165) is 16.6 Å². The van der Waals surface area contributed by atoms with E-state index in [1.807, 2.05) is 20.8 Å². The van der Waals surface area contributed by atoms with Gasteiger partial charge in [-0.3, -0.25) is 0 Å². The molecule has 0 saturated heterocycles. The molecule has 1 N–H and O–H groups in total. The lowest BCUT2D eigenvalue weighted by Crippen LogP contribution is -2.27. The Morgan fingerprint density at radius 3 is 2.39 bits per heavy atom. The number of nitrogens with one attached hydrogen (secondary N) is 1. The van der Waals surface area contributed by atoms with Crippen molar-refractivity contribution in [3.63, 3.8) is 0 Å². The zero-order valence-corrected chi connectivity index (χ0v) is 17.2. The van der Waals surface area contributed by atoms with Crippen molar-refractivity contribution in [2.75, 3.05) is 0 Å². The van der Waals surface area contributed by atoms with Crippen LogP contribution in [0.4, 0.5) is 0 Å². The maximum absolute atomic E-state index is 4.56. The molecule has 23 heavy (non-hydrogen) atoms. The largest absolute Gasteiger partial charge is 0.314 e. The molecule has 3 heteroatoms. The van der Waals surface area contributed by atoms with E-state index in [9.17, 15) is 0 Å². The summed E-state index contributed by atoms with van der Waals surface area (Å²) in [6.07, 6.45) is 5.39. The monoisotopic (exact) mass is 336 g/mol. The predicted molar refractivity (Wildman–Crippen MR) is 106 cm³/mol. The number of hydrogen-bond acceptors (Lipinski definition) is 2. The molecule has 1 aromatic rings. The number of aromatic amines is 1. The van der Waals surface area contributed by atoms with E-state index in [1.165, 1.54) is 30.5 Å². The van der Waals surface area contributed by atoms with Crippen LogP contribution >= 0.6 is 11.5 Å². The fourth-order valence-corrected chi connectivity index (χ4v) is 3.36. The third-order valence-corrected chi connectivity index (χ3v) is 4.60. The summed E-state index contributed by atoms with van der Waals surface area (Å²) in [5.41, 5.74) is 4.40. The molecular formula is C20H36N2S. The van der Waals surface area contributed by atoms with Crippen LogP contribution in [0.1, 0.15) is 69.9 Å². The molecule has 1 aromatic heterocycles. The van der Waals surface area contributed by atoms with E-state index < -0.39 is 0 Å². The average molecular weight is 337 g/mol. The Bertz CT molecular complexity index is 516. The summed E-state index contributed by atoms with van der Waals surface area (Å²) >= 11 is 1.65. The van der Waals surface area contributed by atoms with E-state index in [1.54, 1.807) is 17.6 Å². The van der Waals surface area contributed by atoms with Crippen LogP contribution in [0.5, 0.6) is 0 Å². The van der Waals surface area contributed by atoms with Crippen molar-refractivity contribution in [3.05, 3.63) is 40.7 Å². The van der Waals surface area contributed by atoms with Crippen LogP contribution in [0.2, 0.25) is 0 Å². The van der Waals surface area contributed by atoms with E-state index in [2.05, 4.69) is 56.6 Å². The molecule has 132 valence electrons. The number of fused-ring (bicyclic) bond motifs is 1. The SMILES string of the molecule is C=CC.CC.Cc1cc2c([nH]sc(C)n1)CCC(C(C)(C)C)C2. The number of aromatic nitrogens is 2. The van der Waals surface area contributed by atoms with Gasteiger partial charge in [-0.2, -0.15) is 0 Å². The lowest BCUT2D eigenvalue weighted by Gasteiger charge is -2.34. The number of allylic oxidation sites excluding steroid dienone is 1. The Kier molecular flexibility index (Phi) is 10.1. The molecule has 0 saturated carbocycles. The Morgan fingerprint density at radius 1 is 1.30 bits per heavy atom. The van der Waals surface area contributed by atoms with Gasteiger partial charge in [0.15, 0.2) is 0 Å². The summed E-state index contributed by atoms with van der Waals surface area (Å²) in [7, 11) is 0. The fourth-order valence-electron chi connectivity index (χ4n) is 2.66. The Hall–Kier alpha value is -1.09. The molecule has 1 heterocycles. The van der Waals surface area contributed by atoms with Gasteiger partial charge in [-0.1, -0.05) is 40.7 Å². The minimum absolute atomic E-state index is 0.398. The first-order valence-electron chi connectivity index (χ1n) is 8.73. The molecule has 1 atom stereocenters. The molecular weight excluding hydrogens is 300 g/mol. The second-order valence-corrected chi connectivity index (χ2v) is 7.84. The van der Waals surface area contributed by atoms with Crippen LogP contribution in [0.3, 0.4) is 0 Å². The van der Waals surface area contributed by atoms with E-state index in [0.29, 0.717) is 5.41 Å². The highest BCUT2D eigenvalue weighted by Crippen LogP contribution is 2.36. The molecule has 0 fully saturated rings. The summed E-state index contributed by atoms with van der Waals surface area (Å²) in [6, 6.07) is 2.27. The third-order valence-electron chi connectivity index (χ3n) is 3.86. The van der Waals surface area contributed by atoms with Crippen LogP contribution < -0.4 is 0 Å². The summed E-state index contributed by atoms with van der Waals surface area (Å²) in [5.74, 6) is 0.775. The molecule has 1 aliphatic rings. The lowest BCUT2D eigenvalue weighted by molar-refractivity contribution is 0.215.